The smallest absolute Gasteiger partial charge is 0.252 e. The summed E-state index contributed by atoms with van der Waals surface area (Å²) in [5.41, 5.74) is 5.93. The van der Waals surface area contributed by atoms with Crippen molar-refractivity contribution < 1.29 is 4.79 Å². The van der Waals surface area contributed by atoms with Gasteiger partial charge in [-0.25, -0.2) is 4.98 Å². The first-order chi connectivity index (χ1) is 15.6. The molecule has 1 amide bonds. The van der Waals surface area contributed by atoms with Gasteiger partial charge in [0, 0.05) is 30.1 Å². The third kappa shape index (κ3) is 5.02. The lowest BCUT2D eigenvalue weighted by molar-refractivity contribution is 0.0949. The zero-order valence-electron chi connectivity index (χ0n) is 19.7. The van der Waals surface area contributed by atoms with Gasteiger partial charge in [0.2, 0.25) is 0 Å². The Morgan fingerprint density at radius 2 is 1.94 bits per heavy atom. The van der Waals surface area contributed by atoms with Crippen LogP contribution in [0.3, 0.4) is 0 Å². The molecule has 0 radical (unpaired) electrons. The SMILES string of the molecule is CC[C@@H]1CCCCN1CCCNC(=O)c1cc(-c2ccc(C)c(C)c2)nc2ccccc12. The number of nitrogens with zero attached hydrogens (tertiary/aromatic N) is 2. The van der Waals surface area contributed by atoms with E-state index in [2.05, 4.69) is 49.2 Å². The number of amides is 1. The van der Waals surface area contributed by atoms with Crippen LogP contribution in [0.5, 0.6) is 0 Å². The van der Waals surface area contributed by atoms with Gasteiger partial charge in [-0.2, -0.15) is 0 Å². The molecule has 0 unspecified atom stereocenters. The maximum absolute atomic E-state index is 13.2. The molecule has 1 saturated heterocycles. The van der Waals surface area contributed by atoms with E-state index in [9.17, 15) is 4.79 Å². The van der Waals surface area contributed by atoms with E-state index in [4.69, 9.17) is 4.98 Å². The maximum Gasteiger partial charge on any atom is 0.252 e. The summed E-state index contributed by atoms with van der Waals surface area (Å²) in [6.45, 7) is 9.45. The Morgan fingerprint density at radius 1 is 1.09 bits per heavy atom. The first-order valence-electron chi connectivity index (χ1n) is 12.1. The average Bonchev–Trinajstić information content (AvgIpc) is 2.83. The molecule has 1 N–H and O–H groups in total. The highest BCUT2D eigenvalue weighted by molar-refractivity contribution is 6.07. The monoisotopic (exact) mass is 429 g/mol. The summed E-state index contributed by atoms with van der Waals surface area (Å²) < 4.78 is 0. The van der Waals surface area contributed by atoms with Gasteiger partial charge in [-0.05, 0) is 75.4 Å². The molecule has 1 aliphatic rings. The predicted octanol–water partition coefficient (Wildman–Crippen LogP) is 5.90. The Morgan fingerprint density at radius 3 is 2.75 bits per heavy atom. The summed E-state index contributed by atoms with van der Waals surface area (Å²) in [5.74, 6) is -0.0145. The molecule has 1 aromatic heterocycles. The molecule has 2 aromatic carbocycles. The van der Waals surface area contributed by atoms with Gasteiger partial charge in [0.25, 0.3) is 5.91 Å². The third-order valence-electron chi connectivity index (χ3n) is 6.89. The van der Waals surface area contributed by atoms with Crippen LogP contribution in [0.4, 0.5) is 0 Å². The summed E-state index contributed by atoms with van der Waals surface area (Å²) >= 11 is 0. The molecule has 0 spiro atoms. The van der Waals surface area contributed by atoms with Gasteiger partial charge in [-0.15, -0.1) is 0 Å². The zero-order valence-corrected chi connectivity index (χ0v) is 19.7. The van der Waals surface area contributed by atoms with Crippen molar-refractivity contribution in [1.29, 1.82) is 0 Å². The van der Waals surface area contributed by atoms with E-state index in [0.717, 1.165) is 35.1 Å². The van der Waals surface area contributed by atoms with E-state index in [-0.39, 0.29) is 5.91 Å². The van der Waals surface area contributed by atoms with E-state index in [0.29, 0.717) is 18.2 Å². The topological polar surface area (TPSA) is 45.2 Å². The molecule has 0 saturated carbocycles. The number of pyridine rings is 1. The Kier molecular flexibility index (Phi) is 7.21. The molecule has 0 aliphatic carbocycles. The second-order valence-corrected chi connectivity index (χ2v) is 9.07. The largest absolute Gasteiger partial charge is 0.352 e. The van der Waals surface area contributed by atoms with Crippen molar-refractivity contribution in [2.75, 3.05) is 19.6 Å². The lowest BCUT2D eigenvalue weighted by Gasteiger charge is -2.35. The molecular weight excluding hydrogens is 394 g/mol. The zero-order chi connectivity index (χ0) is 22.5. The minimum absolute atomic E-state index is 0.0145. The number of fused-ring (bicyclic) bond motifs is 1. The van der Waals surface area contributed by atoms with E-state index >= 15 is 0 Å². The van der Waals surface area contributed by atoms with E-state index < -0.39 is 0 Å². The first-order valence-corrected chi connectivity index (χ1v) is 12.1. The van der Waals surface area contributed by atoms with Crippen LogP contribution >= 0.6 is 0 Å². The van der Waals surface area contributed by atoms with Crippen molar-refractivity contribution in [3.05, 3.63) is 65.2 Å². The summed E-state index contributed by atoms with van der Waals surface area (Å²) in [7, 11) is 0. The number of aromatic nitrogens is 1. The molecule has 0 bridgehead atoms. The number of piperidine rings is 1. The minimum atomic E-state index is -0.0145. The molecule has 4 heteroatoms. The molecule has 2 heterocycles. The van der Waals surface area contributed by atoms with Crippen LogP contribution in [0.25, 0.3) is 22.2 Å². The predicted molar refractivity (Wildman–Crippen MR) is 133 cm³/mol. The van der Waals surface area contributed by atoms with Crippen LogP contribution in [0, 0.1) is 13.8 Å². The first kappa shape index (κ1) is 22.5. The molecular formula is C28H35N3O. The quantitative estimate of drug-likeness (QED) is 0.475. The number of hydrogen-bond donors (Lipinski definition) is 1. The number of carbonyl (C=O) groups is 1. The number of rotatable bonds is 7. The fourth-order valence-electron chi connectivity index (χ4n) is 4.81. The van der Waals surface area contributed by atoms with Gasteiger partial charge < -0.3 is 10.2 Å². The van der Waals surface area contributed by atoms with Crippen LogP contribution in [0.1, 0.15) is 60.5 Å². The summed E-state index contributed by atoms with van der Waals surface area (Å²) in [6.07, 6.45) is 6.16. The third-order valence-corrected chi connectivity index (χ3v) is 6.89. The summed E-state index contributed by atoms with van der Waals surface area (Å²) in [5, 5.41) is 4.07. The summed E-state index contributed by atoms with van der Waals surface area (Å²) in [4.78, 5) is 20.6. The molecule has 168 valence electrons. The van der Waals surface area contributed by atoms with E-state index in [1.165, 1.54) is 43.4 Å². The number of aryl methyl sites for hydroxylation is 2. The molecule has 3 aromatic rings. The van der Waals surface area contributed by atoms with Crippen molar-refractivity contribution in [1.82, 2.24) is 15.2 Å². The number of nitrogens with one attached hydrogen (secondary N) is 1. The average molecular weight is 430 g/mol. The number of carbonyl (C=O) groups excluding carboxylic acids is 1. The van der Waals surface area contributed by atoms with E-state index in [1.807, 2.05) is 30.3 Å². The Hall–Kier alpha value is -2.72. The lowest BCUT2D eigenvalue weighted by Crippen LogP contribution is -2.40. The van der Waals surface area contributed by atoms with Crippen LogP contribution in [0.15, 0.2) is 48.5 Å². The van der Waals surface area contributed by atoms with Crippen LogP contribution < -0.4 is 5.32 Å². The van der Waals surface area contributed by atoms with Gasteiger partial charge in [-0.1, -0.05) is 43.7 Å². The number of para-hydroxylation sites is 1. The maximum atomic E-state index is 13.2. The van der Waals surface area contributed by atoms with Crippen LogP contribution in [0.2, 0.25) is 0 Å². The van der Waals surface area contributed by atoms with Crippen LogP contribution in [-0.4, -0.2) is 41.5 Å². The molecule has 1 aliphatic heterocycles. The van der Waals surface area contributed by atoms with Gasteiger partial charge in [0.1, 0.15) is 0 Å². The molecule has 4 nitrogen and oxygen atoms in total. The lowest BCUT2D eigenvalue weighted by atomic mass is 10.00. The van der Waals surface area contributed by atoms with Crippen molar-refractivity contribution >= 4 is 16.8 Å². The second kappa shape index (κ2) is 10.3. The van der Waals surface area contributed by atoms with Crippen molar-refractivity contribution in [2.45, 2.75) is 58.9 Å². The minimum Gasteiger partial charge on any atom is -0.352 e. The Balaban J connectivity index is 1.49. The van der Waals surface area contributed by atoms with Crippen molar-refractivity contribution in [3.63, 3.8) is 0 Å². The van der Waals surface area contributed by atoms with Gasteiger partial charge in [0.15, 0.2) is 0 Å². The fraction of sp³-hybridized carbons (Fsp3) is 0.429. The van der Waals surface area contributed by atoms with Gasteiger partial charge in [0.05, 0.1) is 16.8 Å². The summed E-state index contributed by atoms with van der Waals surface area (Å²) in [6, 6.07) is 16.9. The Bertz CT molecular complexity index is 1090. The normalized spacial score (nSPS) is 16.9. The second-order valence-electron chi connectivity index (χ2n) is 9.07. The fourth-order valence-corrected chi connectivity index (χ4v) is 4.81. The highest BCUT2D eigenvalue weighted by Gasteiger charge is 2.20. The van der Waals surface area contributed by atoms with Gasteiger partial charge in [-0.3, -0.25) is 4.79 Å². The molecule has 1 atom stereocenters. The highest BCUT2D eigenvalue weighted by atomic mass is 16.1. The molecule has 1 fully saturated rings. The van der Waals surface area contributed by atoms with Crippen LogP contribution in [-0.2, 0) is 0 Å². The highest BCUT2D eigenvalue weighted by Crippen LogP contribution is 2.26. The number of benzene rings is 2. The Labute approximate surface area is 192 Å². The number of hydrogen-bond acceptors (Lipinski definition) is 3. The van der Waals surface area contributed by atoms with Gasteiger partial charge >= 0.3 is 0 Å². The number of likely N-dealkylation sites (tertiary alicyclic amines) is 1. The van der Waals surface area contributed by atoms with Crippen molar-refractivity contribution in [3.8, 4) is 11.3 Å². The van der Waals surface area contributed by atoms with Crippen molar-refractivity contribution in [2.24, 2.45) is 0 Å². The standard InChI is InChI=1S/C28H35N3O/c1-4-23-10-7-8-16-31(23)17-9-15-29-28(32)25-19-27(22-14-13-20(2)21(3)18-22)30-26-12-6-5-11-24(25)26/h5-6,11-14,18-19,23H,4,7-10,15-17H2,1-3H3,(H,29,32)/t23-/m1/s1. The van der Waals surface area contributed by atoms with E-state index in [1.54, 1.807) is 0 Å². The molecule has 32 heavy (non-hydrogen) atoms. The molecule has 4 rings (SSSR count).